The van der Waals surface area contributed by atoms with Crippen LogP contribution in [0.15, 0.2) is 59.5 Å². The van der Waals surface area contributed by atoms with E-state index in [0.29, 0.717) is 9.23 Å². The monoisotopic (exact) mass is 367 g/mol. The van der Waals surface area contributed by atoms with Gasteiger partial charge in [0.1, 0.15) is 0 Å². The summed E-state index contributed by atoms with van der Waals surface area (Å²) in [5.74, 6) is -0.0487. The fourth-order valence-corrected chi connectivity index (χ4v) is 4.91. The molecule has 2 nitrogen and oxygen atoms in total. The Morgan fingerprint density at radius 1 is 1.04 bits per heavy atom. The van der Waals surface area contributed by atoms with Crippen LogP contribution in [0.25, 0.3) is 16.8 Å². The molecule has 118 valence electrons. The highest BCUT2D eigenvalue weighted by molar-refractivity contribution is 8.27. The Morgan fingerprint density at radius 2 is 1.83 bits per heavy atom. The maximum Gasteiger partial charge on any atom is 0.270 e. The molecular formula is C19H13NOS3. The molecule has 0 atom stereocenters. The van der Waals surface area contributed by atoms with Crippen molar-refractivity contribution in [2.24, 2.45) is 0 Å². The molecule has 0 aliphatic carbocycles. The Morgan fingerprint density at radius 3 is 2.62 bits per heavy atom. The molecule has 3 aromatic rings. The highest BCUT2D eigenvalue weighted by Gasteiger charge is 2.34. The van der Waals surface area contributed by atoms with Gasteiger partial charge in [-0.3, -0.25) is 9.69 Å². The van der Waals surface area contributed by atoms with Crippen LogP contribution in [0.5, 0.6) is 0 Å². The van der Waals surface area contributed by atoms with Gasteiger partial charge in [0.15, 0.2) is 4.32 Å². The fourth-order valence-electron chi connectivity index (χ4n) is 2.74. The lowest BCUT2D eigenvalue weighted by Gasteiger charge is -2.17. The van der Waals surface area contributed by atoms with E-state index >= 15 is 0 Å². The first-order valence-electron chi connectivity index (χ1n) is 7.45. The molecule has 0 N–H and O–H groups in total. The second-order valence-electron chi connectivity index (χ2n) is 5.46. The Hall–Kier alpha value is -1.95. The van der Waals surface area contributed by atoms with Crippen molar-refractivity contribution in [3.63, 3.8) is 0 Å². The van der Waals surface area contributed by atoms with Gasteiger partial charge in [-0.25, -0.2) is 0 Å². The van der Waals surface area contributed by atoms with Gasteiger partial charge in [-0.15, -0.1) is 11.3 Å². The third kappa shape index (κ3) is 2.69. The number of carbonyl (C=O) groups is 1. The zero-order chi connectivity index (χ0) is 16.7. The van der Waals surface area contributed by atoms with Crippen molar-refractivity contribution >= 4 is 68.1 Å². The lowest BCUT2D eigenvalue weighted by molar-refractivity contribution is -0.113. The van der Waals surface area contributed by atoms with Gasteiger partial charge in [0.2, 0.25) is 0 Å². The van der Waals surface area contributed by atoms with E-state index < -0.39 is 0 Å². The summed E-state index contributed by atoms with van der Waals surface area (Å²) in [7, 11) is 0. The topological polar surface area (TPSA) is 20.3 Å². The van der Waals surface area contributed by atoms with E-state index in [-0.39, 0.29) is 5.91 Å². The molecule has 1 aliphatic heterocycles. The minimum absolute atomic E-state index is 0.0487. The van der Waals surface area contributed by atoms with E-state index in [0.717, 1.165) is 21.3 Å². The first kappa shape index (κ1) is 15.6. The minimum atomic E-state index is -0.0487. The summed E-state index contributed by atoms with van der Waals surface area (Å²) in [5.41, 5.74) is 0.848. The molecule has 24 heavy (non-hydrogen) atoms. The van der Waals surface area contributed by atoms with Gasteiger partial charge in [-0.05, 0) is 36.6 Å². The number of thiophene rings is 1. The van der Waals surface area contributed by atoms with Crippen LogP contribution < -0.4 is 4.90 Å². The van der Waals surface area contributed by atoms with Crippen LogP contribution in [-0.4, -0.2) is 10.2 Å². The van der Waals surface area contributed by atoms with Crippen molar-refractivity contribution in [3.05, 3.63) is 69.3 Å². The molecule has 0 spiro atoms. The van der Waals surface area contributed by atoms with E-state index in [2.05, 4.69) is 13.0 Å². The molecule has 1 amide bonds. The first-order chi connectivity index (χ1) is 11.6. The van der Waals surface area contributed by atoms with Gasteiger partial charge in [0.05, 0.1) is 10.6 Å². The molecule has 0 unspecified atom stereocenters. The van der Waals surface area contributed by atoms with Crippen molar-refractivity contribution in [2.45, 2.75) is 6.92 Å². The van der Waals surface area contributed by atoms with Crippen molar-refractivity contribution in [1.29, 1.82) is 0 Å². The molecule has 0 bridgehead atoms. The van der Waals surface area contributed by atoms with E-state index in [1.807, 2.05) is 54.6 Å². The lowest BCUT2D eigenvalue weighted by Crippen LogP contribution is -2.27. The van der Waals surface area contributed by atoms with Crippen LogP contribution in [0, 0.1) is 6.92 Å². The maximum atomic E-state index is 12.9. The van der Waals surface area contributed by atoms with Gasteiger partial charge in [-0.1, -0.05) is 60.4 Å². The van der Waals surface area contributed by atoms with Crippen LogP contribution >= 0.6 is 35.3 Å². The zero-order valence-electron chi connectivity index (χ0n) is 12.9. The number of aryl methyl sites for hydroxylation is 1. The van der Waals surface area contributed by atoms with Crippen LogP contribution in [0.2, 0.25) is 0 Å². The molecule has 0 radical (unpaired) electrons. The predicted molar refractivity (Wildman–Crippen MR) is 109 cm³/mol. The summed E-state index contributed by atoms with van der Waals surface area (Å²) in [6.45, 7) is 2.06. The number of anilines is 1. The standard InChI is InChI=1S/C19H13NOS3/c1-12-9-10-14(23-12)11-17-18(21)20(19(22)24-17)16-8-4-6-13-5-2-3-7-15(13)16/h2-11H,1H3/b17-11-. The number of nitrogens with zero attached hydrogens (tertiary/aromatic N) is 1. The summed E-state index contributed by atoms with van der Waals surface area (Å²) in [6.07, 6.45) is 1.93. The molecule has 1 saturated heterocycles. The Bertz CT molecular complexity index is 997. The molecule has 1 aromatic heterocycles. The van der Waals surface area contributed by atoms with Gasteiger partial charge in [0, 0.05) is 15.1 Å². The maximum absolute atomic E-state index is 12.9. The summed E-state index contributed by atoms with van der Waals surface area (Å²) in [4.78, 5) is 17.6. The van der Waals surface area contributed by atoms with Crippen molar-refractivity contribution in [1.82, 2.24) is 0 Å². The van der Waals surface area contributed by atoms with Crippen LogP contribution in [0.4, 0.5) is 5.69 Å². The van der Waals surface area contributed by atoms with Gasteiger partial charge in [0.25, 0.3) is 5.91 Å². The average Bonchev–Trinajstić information content (AvgIpc) is 3.11. The number of hydrogen-bond acceptors (Lipinski definition) is 4. The molecular weight excluding hydrogens is 354 g/mol. The Labute approximate surface area is 153 Å². The second kappa shape index (κ2) is 6.16. The SMILES string of the molecule is Cc1ccc(/C=C2\SC(=S)N(c3cccc4ccccc34)C2=O)s1. The van der Waals surface area contributed by atoms with Crippen molar-refractivity contribution < 1.29 is 4.79 Å². The van der Waals surface area contributed by atoms with Crippen LogP contribution in [-0.2, 0) is 4.79 Å². The quantitative estimate of drug-likeness (QED) is 0.433. The number of thiocarbonyl (C=S) groups is 1. The van der Waals surface area contributed by atoms with E-state index in [1.54, 1.807) is 16.2 Å². The first-order valence-corrected chi connectivity index (χ1v) is 9.50. The summed E-state index contributed by atoms with van der Waals surface area (Å²) >= 11 is 8.53. The van der Waals surface area contributed by atoms with Crippen molar-refractivity contribution in [2.75, 3.05) is 4.90 Å². The second-order valence-corrected chi connectivity index (χ2v) is 8.46. The summed E-state index contributed by atoms with van der Waals surface area (Å²) in [5, 5.41) is 2.13. The van der Waals surface area contributed by atoms with Gasteiger partial charge >= 0.3 is 0 Å². The predicted octanol–water partition coefficient (Wildman–Crippen LogP) is 5.62. The Balaban J connectivity index is 1.77. The zero-order valence-corrected chi connectivity index (χ0v) is 15.3. The van der Waals surface area contributed by atoms with E-state index in [4.69, 9.17) is 12.2 Å². The molecule has 2 aromatic carbocycles. The third-order valence-electron chi connectivity index (χ3n) is 3.84. The summed E-state index contributed by atoms with van der Waals surface area (Å²) in [6, 6.07) is 18.1. The third-order valence-corrected chi connectivity index (χ3v) is 6.09. The highest BCUT2D eigenvalue weighted by atomic mass is 32.2. The molecule has 1 aliphatic rings. The molecule has 5 heteroatoms. The Kier molecular flexibility index (Phi) is 4.00. The molecule has 4 rings (SSSR count). The normalized spacial score (nSPS) is 16.5. The van der Waals surface area contributed by atoms with Crippen molar-refractivity contribution in [3.8, 4) is 0 Å². The highest BCUT2D eigenvalue weighted by Crippen LogP contribution is 2.39. The number of hydrogen-bond donors (Lipinski definition) is 0. The largest absolute Gasteiger partial charge is 0.270 e. The smallest absolute Gasteiger partial charge is 0.268 e. The van der Waals surface area contributed by atoms with Crippen LogP contribution in [0.3, 0.4) is 0 Å². The molecule has 1 fully saturated rings. The molecule has 0 saturated carbocycles. The van der Waals surface area contributed by atoms with Gasteiger partial charge in [-0.2, -0.15) is 0 Å². The lowest BCUT2D eigenvalue weighted by atomic mass is 10.1. The van der Waals surface area contributed by atoms with E-state index in [1.165, 1.54) is 16.6 Å². The molecule has 2 heterocycles. The number of thioether (sulfide) groups is 1. The number of rotatable bonds is 2. The number of carbonyl (C=O) groups excluding carboxylic acids is 1. The number of fused-ring (bicyclic) bond motifs is 1. The van der Waals surface area contributed by atoms with Gasteiger partial charge < -0.3 is 0 Å². The average molecular weight is 368 g/mol. The number of amides is 1. The number of benzene rings is 2. The summed E-state index contributed by atoms with van der Waals surface area (Å²) < 4.78 is 0.580. The fraction of sp³-hybridized carbons (Fsp3) is 0.0526. The van der Waals surface area contributed by atoms with Crippen LogP contribution in [0.1, 0.15) is 9.75 Å². The van der Waals surface area contributed by atoms with E-state index in [9.17, 15) is 4.79 Å². The minimum Gasteiger partial charge on any atom is -0.268 e.